The van der Waals surface area contributed by atoms with Gasteiger partial charge in [0, 0.05) is 70.2 Å². The topological polar surface area (TPSA) is 56.7 Å². The minimum atomic E-state index is 0.596. The van der Waals surface area contributed by atoms with Gasteiger partial charge in [0.2, 0.25) is 0 Å². The van der Waals surface area contributed by atoms with Gasteiger partial charge in [-0.1, -0.05) is 133 Å². The zero-order valence-electron chi connectivity index (χ0n) is 30.4. The van der Waals surface area contributed by atoms with Crippen molar-refractivity contribution in [2.24, 2.45) is 0 Å². The Bertz CT molecular complexity index is 3510. The molecule has 0 aliphatic heterocycles. The van der Waals surface area contributed by atoms with Crippen molar-refractivity contribution in [3.05, 3.63) is 182 Å². The molecule has 4 aromatic heterocycles. The number of hydrogen-bond acceptors (Lipinski definition) is 5. The smallest absolute Gasteiger partial charge is 0.164 e. The molecular weight excluding hydrogens is 717 g/mol. The number of benzene rings is 8. The zero-order valence-corrected chi connectivity index (χ0v) is 31.2. The maximum Gasteiger partial charge on any atom is 0.164 e. The first-order chi connectivity index (χ1) is 28.2. The van der Waals surface area contributed by atoms with Crippen LogP contribution in [0.2, 0.25) is 0 Å². The number of furan rings is 1. The van der Waals surface area contributed by atoms with Gasteiger partial charge in [0.25, 0.3) is 0 Å². The highest BCUT2D eigenvalue weighted by molar-refractivity contribution is 7.25. The summed E-state index contributed by atoms with van der Waals surface area (Å²) in [6, 6.07) is 63.7. The van der Waals surface area contributed by atoms with Crippen LogP contribution in [0.4, 0.5) is 0 Å². The second kappa shape index (κ2) is 12.6. The largest absolute Gasteiger partial charge is 0.456 e. The molecule has 12 rings (SSSR count). The van der Waals surface area contributed by atoms with Crippen LogP contribution in [0.15, 0.2) is 186 Å². The van der Waals surface area contributed by atoms with Crippen molar-refractivity contribution < 1.29 is 4.42 Å². The van der Waals surface area contributed by atoms with Gasteiger partial charge in [-0.3, -0.25) is 0 Å². The second-order valence-electron chi connectivity index (χ2n) is 14.4. The fraction of sp³-hybridized carbons (Fsp3) is 0. The lowest BCUT2D eigenvalue weighted by Crippen LogP contribution is -2.00. The van der Waals surface area contributed by atoms with E-state index >= 15 is 0 Å². The van der Waals surface area contributed by atoms with Crippen LogP contribution in [0.5, 0.6) is 0 Å². The van der Waals surface area contributed by atoms with E-state index in [1.165, 1.54) is 20.2 Å². The molecule has 5 nitrogen and oxygen atoms in total. The van der Waals surface area contributed by atoms with Crippen LogP contribution >= 0.6 is 11.3 Å². The molecule has 0 atom stereocenters. The molecule has 0 fully saturated rings. The maximum absolute atomic E-state index is 6.71. The first-order valence-corrected chi connectivity index (χ1v) is 19.8. The van der Waals surface area contributed by atoms with E-state index in [9.17, 15) is 0 Å². The quantitative estimate of drug-likeness (QED) is 0.176. The summed E-state index contributed by atoms with van der Waals surface area (Å²) in [5.41, 5.74) is 10.0. The molecule has 0 unspecified atom stereocenters. The Morgan fingerprint density at radius 3 is 1.81 bits per heavy atom. The van der Waals surface area contributed by atoms with Gasteiger partial charge in [-0.05, 0) is 53.6 Å². The van der Waals surface area contributed by atoms with E-state index < -0.39 is 0 Å². The van der Waals surface area contributed by atoms with Crippen molar-refractivity contribution in [1.82, 2.24) is 19.5 Å². The number of para-hydroxylation sites is 2. The molecule has 0 saturated carbocycles. The van der Waals surface area contributed by atoms with Gasteiger partial charge >= 0.3 is 0 Å². The normalized spacial score (nSPS) is 11.9. The Balaban J connectivity index is 1.11. The molecule has 8 aromatic carbocycles. The third-order valence-electron chi connectivity index (χ3n) is 11.1. The van der Waals surface area contributed by atoms with Crippen LogP contribution in [0.25, 0.3) is 115 Å². The van der Waals surface area contributed by atoms with Crippen LogP contribution in [0, 0.1) is 0 Å². The molecular formula is C51H30N4OS. The Morgan fingerprint density at radius 1 is 0.386 bits per heavy atom. The fourth-order valence-corrected chi connectivity index (χ4v) is 9.61. The highest BCUT2D eigenvalue weighted by Gasteiger charge is 2.22. The van der Waals surface area contributed by atoms with Crippen LogP contribution in [0.1, 0.15) is 0 Å². The first kappa shape index (κ1) is 31.9. The van der Waals surface area contributed by atoms with Crippen LogP contribution in [-0.4, -0.2) is 19.5 Å². The minimum Gasteiger partial charge on any atom is -0.456 e. The monoisotopic (exact) mass is 746 g/mol. The van der Waals surface area contributed by atoms with Gasteiger partial charge in [0.1, 0.15) is 11.2 Å². The fourth-order valence-electron chi connectivity index (χ4n) is 8.48. The standard InChI is InChI=1S/C51H30N4OS/c1-3-13-31(14-4-1)32-25-27-33(28-26-32)49-52-50(54-51(53-49)38-20-12-24-46-48(38)36-18-8-10-23-45(36)57-46)37-19-11-22-43-47(37)40-29-39-35-17-7-9-21-41(35)55(34-15-5-2-6-16-34)42(39)30-44(40)56-43/h1-30H. The number of nitrogens with zero attached hydrogens (tertiary/aromatic N) is 4. The van der Waals surface area contributed by atoms with Gasteiger partial charge < -0.3 is 8.98 Å². The molecule has 0 radical (unpaired) electrons. The van der Waals surface area contributed by atoms with E-state index in [1.54, 1.807) is 11.3 Å². The third kappa shape index (κ3) is 5.04. The highest BCUT2D eigenvalue weighted by Crippen LogP contribution is 2.43. The minimum absolute atomic E-state index is 0.596. The molecule has 57 heavy (non-hydrogen) atoms. The molecule has 0 aliphatic rings. The van der Waals surface area contributed by atoms with Crippen LogP contribution in [-0.2, 0) is 0 Å². The molecule has 6 heteroatoms. The number of rotatable bonds is 5. The SMILES string of the molecule is c1ccc(-c2ccc(-c3nc(-c4cccc5oc6cc7c(cc6c45)c4ccccc4n7-c4ccccc4)nc(-c4cccc5sc6ccccc6c45)n3)cc2)cc1. The van der Waals surface area contributed by atoms with Gasteiger partial charge in [0.15, 0.2) is 17.5 Å². The first-order valence-electron chi connectivity index (χ1n) is 19.0. The summed E-state index contributed by atoms with van der Waals surface area (Å²) in [7, 11) is 0. The summed E-state index contributed by atoms with van der Waals surface area (Å²) < 4.78 is 11.5. The number of fused-ring (bicyclic) bond motifs is 9. The lowest BCUT2D eigenvalue weighted by molar-refractivity contribution is 0.669. The Labute approximate surface area is 330 Å². The van der Waals surface area contributed by atoms with Crippen LogP contribution in [0.3, 0.4) is 0 Å². The van der Waals surface area contributed by atoms with Crippen molar-refractivity contribution in [3.63, 3.8) is 0 Å². The predicted molar refractivity (Wildman–Crippen MR) is 236 cm³/mol. The molecule has 12 aromatic rings. The van der Waals surface area contributed by atoms with E-state index in [0.29, 0.717) is 17.5 Å². The lowest BCUT2D eigenvalue weighted by atomic mass is 10.0. The molecule has 4 heterocycles. The Kier molecular flexibility index (Phi) is 7.03. The summed E-state index contributed by atoms with van der Waals surface area (Å²) in [5, 5.41) is 6.70. The van der Waals surface area contributed by atoms with E-state index in [0.717, 1.165) is 77.2 Å². The van der Waals surface area contributed by atoms with E-state index in [-0.39, 0.29) is 0 Å². The predicted octanol–water partition coefficient (Wildman–Crippen LogP) is 13.9. The van der Waals surface area contributed by atoms with Gasteiger partial charge in [-0.25, -0.2) is 15.0 Å². The van der Waals surface area contributed by atoms with E-state index in [1.807, 2.05) is 18.2 Å². The molecule has 0 spiro atoms. The highest BCUT2D eigenvalue weighted by atomic mass is 32.1. The molecule has 0 N–H and O–H groups in total. The molecule has 0 amide bonds. The summed E-state index contributed by atoms with van der Waals surface area (Å²) in [5.74, 6) is 1.84. The zero-order chi connectivity index (χ0) is 37.5. The van der Waals surface area contributed by atoms with Gasteiger partial charge in [0.05, 0.1) is 11.0 Å². The molecule has 266 valence electrons. The summed E-state index contributed by atoms with van der Waals surface area (Å²) in [6.07, 6.45) is 0. The van der Waals surface area contributed by atoms with Gasteiger partial charge in [-0.2, -0.15) is 0 Å². The average molecular weight is 747 g/mol. The molecule has 0 saturated heterocycles. The summed E-state index contributed by atoms with van der Waals surface area (Å²) >= 11 is 1.79. The number of hydrogen-bond donors (Lipinski definition) is 0. The van der Waals surface area contributed by atoms with Crippen molar-refractivity contribution in [3.8, 4) is 51.0 Å². The average Bonchev–Trinajstić information content (AvgIpc) is 3.95. The number of aromatic nitrogens is 4. The van der Waals surface area contributed by atoms with Crippen molar-refractivity contribution in [1.29, 1.82) is 0 Å². The van der Waals surface area contributed by atoms with Crippen molar-refractivity contribution in [2.75, 3.05) is 0 Å². The second-order valence-corrected chi connectivity index (χ2v) is 15.4. The summed E-state index contributed by atoms with van der Waals surface area (Å²) in [4.78, 5) is 15.8. The number of thiophene rings is 1. The van der Waals surface area contributed by atoms with Crippen LogP contribution < -0.4 is 0 Å². The van der Waals surface area contributed by atoms with E-state index in [4.69, 9.17) is 19.4 Å². The Morgan fingerprint density at radius 2 is 1.00 bits per heavy atom. The van der Waals surface area contributed by atoms with Crippen molar-refractivity contribution in [2.45, 2.75) is 0 Å². The maximum atomic E-state index is 6.71. The lowest BCUT2D eigenvalue weighted by Gasteiger charge is -2.11. The molecule has 0 bridgehead atoms. The third-order valence-corrected chi connectivity index (χ3v) is 12.2. The van der Waals surface area contributed by atoms with E-state index in [2.05, 4.69) is 168 Å². The van der Waals surface area contributed by atoms with Gasteiger partial charge in [-0.15, -0.1) is 11.3 Å². The Hall–Kier alpha value is -7.41. The summed E-state index contributed by atoms with van der Waals surface area (Å²) in [6.45, 7) is 0. The molecule has 0 aliphatic carbocycles. The van der Waals surface area contributed by atoms with Crippen molar-refractivity contribution >= 4 is 75.3 Å².